The second kappa shape index (κ2) is 5.93. The lowest BCUT2D eigenvalue weighted by Gasteiger charge is -2.25. The van der Waals surface area contributed by atoms with E-state index in [0.29, 0.717) is 11.1 Å². The lowest BCUT2D eigenvalue weighted by molar-refractivity contribution is 0.0715. The number of rotatable bonds is 2. The van der Waals surface area contributed by atoms with Crippen molar-refractivity contribution >= 4 is 11.4 Å². The molecule has 0 unspecified atom stereocenters. The van der Waals surface area contributed by atoms with Gasteiger partial charge in [-0.1, -0.05) is 6.07 Å². The molecule has 3 aromatic rings. The van der Waals surface area contributed by atoms with Crippen molar-refractivity contribution in [2.75, 3.05) is 6.54 Å². The van der Waals surface area contributed by atoms with Crippen LogP contribution in [0.1, 0.15) is 28.4 Å². The highest BCUT2D eigenvalue weighted by atomic mass is 19.2. The molecule has 1 aliphatic rings. The number of hydrogen-bond acceptors (Lipinski definition) is 3. The molecule has 1 fully saturated rings. The molecule has 1 aliphatic heterocycles. The van der Waals surface area contributed by atoms with Crippen LogP contribution >= 0.6 is 0 Å². The zero-order valence-electron chi connectivity index (χ0n) is 13.1. The molecule has 0 saturated carbocycles. The first-order valence-electron chi connectivity index (χ1n) is 7.88. The van der Waals surface area contributed by atoms with Crippen LogP contribution in [0.5, 0.6) is 0 Å². The molecule has 128 valence electrons. The predicted octanol–water partition coefficient (Wildman–Crippen LogP) is 2.56. The Hall–Kier alpha value is -2.80. The third kappa shape index (κ3) is 2.76. The Morgan fingerprint density at radius 2 is 2.04 bits per heavy atom. The minimum atomic E-state index is -0.967. The number of halogens is 2. The number of hydrogen-bond donors (Lipinski definition) is 1. The van der Waals surface area contributed by atoms with Crippen molar-refractivity contribution in [3.05, 3.63) is 71.8 Å². The van der Waals surface area contributed by atoms with E-state index in [1.807, 2.05) is 0 Å². The van der Waals surface area contributed by atoms with Crippen LogP contribution in [0.25, 0.3) is 5.52 Å². The fraction of sp³-hybridized carbons (Fsp3) is 0.222. The molecule has 0 bridgehead atoms. The van der Waals surface area contributed by atoms with E-state index in [1.165, 1.54) is 11.0 Å². The first kappa shape index (κ1) is 15.7. The summed E-state index contributed by atoms with van der Waals surface area (Å²) in [5.41, 5.74) is 1.76. The van der Waals surface area contributed by atoms with Crippen LogP contribution in [0.15, 0.2) is 49.1 Å². The highest BCUT2D eigenvalue weighted by molar-refractivity contribution is 5.94. The average molecular weight is 343 g/mol. The molecule has 1 aromatic carbocycles. The normalized spacial score (nSPS) is 20.4. The van der Waals surface area contributed by atoms with Gasteiger partial charge in [-0.25, -0.2) is 13.8 Å². The van der Waals surface area contributed by atoms with Gasteiger partial charge in [0.25, 0.3) is 5.91 Å². The lowest BCUT2D eigenvalue weighted by atomic mass is 10.0. The number of imidazole rings is 1. The van der Waals surface area contributed by atoms with Gasteiger partial charge in [0, 0.05) is 12.7 Å². The number of pyridine rings is 1. The highest BCUT2D eigenvalue weighted by Crippen LogP contribution is 2.34. The minimum Gasteiger partial charge on any atom is -0.391 e. The van der Waals surface area contributed by atoms with Gasteiger partial charge in [0.2, 0.25) is 0 Å². The molecule has 0 radical (unpaired) electrons. The number of carbonyl (C=O) groups excluding carboxylic acids is 1. The second-order valence-corrected chi connectivity index (χ2v) is 6.18. The third-order valence-electron chi connectivity index (χ3n) is 4.52. The number of carbonyl (C=O) groups is 1. The molecule has 2 atom stereocenters. The summed E-state index contributed by atoms with van der Waals surface area (Å²) in [6.07, 6.45) is 4.51. The van der Waals surface area contributed by atoms with Gasteiger partial charge in [-0.15, -0.1) is 0 Å². The van der Waals surface area contributed by atoms with Crippen LogP contribution < -0.4 is 0 Å². The summed E-state index contributed by atoms with van der Waals surface area (Å²) >= 11 is 0. The summed E-state index contributed by atoms with van der Waals surface area (Å²) < 4.78 is 28.5. The summed E-state index contributed by atoms with van der Waals surface area (Å²) in [4.78, 5) is 18.4. The van der Waals surface area contributed by atoms with E-state index < -0.39 is 23.8 Å². The van der Waals surface area contributed by atoms with E-state index in [9.17, 15) is 18.7 Å². The SMILES string of the molecule is O=C(c1ccc2cncn2c1)N1C[C@H](O)C[C@@H]1c1ccc(F)c(F)c1. The van der Waals surface area contributed by atoms with Crippen molar-refractivity contribution in [3.63, 3.8) is 0 Å². The number of likely N-dealkylation sites (tertiary alicyclic amines) is 1. The number of fused-ring (bicyclic) bond motifs is 1. The molecule has 1 N–H and O–H groups in total. The second-order valence-electron chi connectivity index (χ2n) is 6.18. The number of nitrogens with zero attached hydrogens (tertiary/aromatic N) is 3. The first-order valence-corrected chi connectivity index (χ1v) is 7.88. The predicted molar refractivity (Wildman–Crippen MR) is 86.0 cm³/mol. The first-order chi connectivity index (χ1) is 12.0. The van der Waals surface area contributed by atoms with E-state index in [-0.39, 0.29) is 18.9 Å². The standard InChI is InChI=1S/C18H15F2N3O2/c19-15-4-2-11(5-16(15)20)17-6-14(24)9-23(17)18(25)12-1-3-13-7-21-10-22(13)8-12/h1-5,7-8,10,14,17,24H,6,9H2/t14-,17-/m1/s1. The molecule has 0 spiro atoms. The summed E-state index contributed by atoms with van der Waals surface area (Å²) in [5.74, 6) is -2.18. The molecular weight excluding hydrogens is 328 g/mol. The monoisotopic (exact) mass is 343 g/mol. The van der Waals surface area contributed by atoms with E-state index >= 15 is 0 Å². The van der Waals surface area contributed by atoms with Crippen molar-refractivity contribution in [2.24, 2.45) is 0 Å². The zero-order valence-corrected chi connectivity index (χ0v) is 13.1. The summed E-state index contributed by atoms with van der Waals surface area (Å²) in [6, 6.07) is 6.52. The van der Waals surface area contributed by atoms with E-state index in [4.69, 9.17) is 0 Å². The minimum absolute atomic E-state index is 0.143. The number of aromatic nitrogens is 2. The van der Waals surface area contributed by atoms with Crippen molar-refractivity contribution in [1.82, 2.24) is 14.3 Å². The largest absolute Gasteiger partial charge is 0.391 e. The Morgan fingerprint density at radius 1 is 1.20 bits per heavy atom. The average Bonchev–Trinajstić information content (AvgIpc) is 3.22. The topological polar surface area (TPSA) is 57.8 Å². The molecule has 7 heteroatoms. The Morgan fingerprint density at radius 3 is 2.84 bits per heavy atom. The summed E-state index contributed by atoms with van der Waals surface area (Å²) in [5, 5.41) is 10.0. The molecule has 25 heavy (non-hydrogen) atoms. The van der Waals surface area contributed by atoms with Gasteiger partial charge < -0.3 is 14.4 Å². The molecular formula is C18H15F2N3O2. The fourth-order valence-electron chi connectivity index (χ4n) is 3.29. The van der Waals surface area contributed by atoms with Crippen LogP contribution in [0.4, 0.5) is 8.78 Å². The van der Waals surface area contributed by atoms with Crippen molar-refractivity contribution in [3.8, 4) is 0 Å². The molecule has 1 saturated heterocycles. The van der Waals surface area contributed by atoms with Gasteiger partial charge in [0.1, 0.15) is 0 Å². The van der Waals surface area contributed by atoms with Crippen molar-refractivity contribution in [1.29, 1.82) is 0 Å². The molecule has 3 heterocycles. The van der Waals surface area contributed by atoms with Gasteiger partial charge in [-0.3, -0.25) is 4.79 Å². The number of aliphatic hydroxyl groups is 1. The van der Waals surface area contributed by atoms with Gasteiger partial charge in [-0.2, -0.15) is 0 Å². The molecule has 2 aromatic heterocycles. The Kier molecular flexibility index (Phi) is 3.73. The third-order valence-corrected chi connectivity index (χ3v) is 4.52. The van der Waals surface area contributed by atoms with Crippen molar-refractivity contribution < 1.29 is 18.7 Å². The number of aliphatic hydroxyl groups excluding tert-OH is 1. The van der Waals surface area contributed by atoms with Gasteiger partial charge in [0.15, 0.2) is 11.6 Å². The van der Waals surface area contributed by atoms with Crippen LogP contribution in [-0.4, -0.2) is 37.9 Å². The van der Waals surface area contributed by atoms with E-state index in [0.717, 1.165) is 17.6 Å². The summed E-state index contributed by atoms with van der Waals surface area (Å²) in [6.45, 7) is 0.143. The quantitative estimate of drug-likeness (QED) is 0.778. The van der Waals surface area contributed by atoms with Crippen LogP contribution in [-0.2, 0) is 0 Å². The van der Waals surface area contributed by atoms with Crippen LogP contribution in [0.2, 0.25) is 0 Å². The maximum Gasteiger partial charge on any atom is 0.255 e. The highest BCUT2D eigenvalue weighted by Gasteiger charge is 2.36. The zero-order chi connectivity index (χ0) is 17.6. The summed E-state index contributed by atoms with van der Waals surface area (Å²) in [7, 11) is 0. The Labute approximate surface area is 142 Å². The Bertz CT molecular complexity index is 956. The van der Waals surface area contributed by atoms with Gasteiger partial charge in [0.05, 0.1) is 35.8 Å². The number of β-amino-alcohol motifs (C(OH)–C–C–N with tert-alkyl or cyclic N) is 1. The maximum absolute atomic E-state index is 13.6. The van der Waals surface area contributed by atoms with E-state index in [2.05, 4.69) is 4.98 Å². The van der Waals surface area contributed by atoms with Crippen LogP contribution in [0, 0.1) is 11.6 Å². The van der Waals surface area contributed by atoms with E-state index in [1.54, 1.807) is 35.3 Å². The van der Waals surface area contributed by atoms with Crippen LogP contribution in [0.3, 0.4) is 0 Å². The number of amides is 1. The number of benzene rings is 1. The van der Waals surface area contributed by atoms with Gasteiger partial charge >= 0.3 is 0 Å². The molecule has 5 nitrogen and oxygen atoms in total. The molecule has 1 amide bonds. The molecule has 0 aliphatic carbocycles. The van der Waals surface area contributed by atoms with Crippen molar-refractivity contribution in [2.45, 2.75) is 18.6 Å². The maximum atomic E-state index is 13.6. The smallest absolute Gasteiger partial charge is 0.255 e. The van der Waals surface area contributed by atoms with Gasteiger partial charge in [-0.05, 0) is 36.2 Å². The fourth-order valence-corrected chi connectivity index (χ4v) is 3.29. The lowest BCUT2D eigenvalue weighted by Crippen LogP contribution is -2.32. The Balaban J connectivity index is 1.68. The molecule has 4 rings (SSSR count).